The Kier molecular flexibility index (Phi) is 2.29. The lowest BCUT2D eigenvalue weighted by atomic mass is 10.1. The SMILES string of the molecule is NC1(CCc2ncc3n2CCSC3)CC1. The molecule has 1 aromatic rings. The van der Waals surface area contributed by atoms with Crippen molar-refractivity contribution < 1.29 is 0 Å². The van der Waals surface area contributed by atoms with E-state index in [1.54, 1.807) is 0 Å². The second kappa shape index (κ2) is 3.52. The van der Waals surface area contributed by atoms with E-state index < -0.39 is 0 Å². The van der Waals surface area contributed by atoms with Crippen LogP contribution in [0.5, 0.6) is 0 Å². The van der Waals surface area contributed by atoms with Crippen molar-refractivity contribution in [1.82, 2.24) is 9.55 Å². The molecule has 0 unspecified atom stereocenters. The Morgan fingerprint density at radius 2 is 2.40 bits per heavy atom. The summed E-state index contributed by atoms with van der Waals surface area (Å²) >= 11 is 2.00. The van der Waals surface area contributed by atoms with Crippen LogP contribution in [0.2, 0.25) is 0 Å². The van der Waals surface area contributed by atoms with Crippen LogP contribution in [0.1, 0.15) is 30.8 Å². The van der Waals surface area contributed by atoms with E-state index in [0.29, 0.717) is 0 Å². The van der Waals surface area contributed by atoms with E-state index in [1.807, 2.05) is 18.0 Å². The summed E-state index contributed by atoms with van der Waals surface area (Å²) in [7, 11) is 0. The molecule has 82 valence electrons. The van der Waals surface area contributed by atoms with Gasteiger partial charge in [0, 0.05) is 41.9 Å². The van der Waals surface area contributed by atoms with Crippen LogP contribution >= 0.6 is 11.8 Å². The van der Waals surface area contributed by atoms with Gasteiger partial charge in [-0.05, 0) is 19.3 Å². The van der Waals surface area contributed by atoms with Crippen LogP contribution in [0.3, 0.4) is 0 Å². The van der Waals surface area contributed by atoms with Gasteiger partial charge in [-0.1, -0.05) is 0 Å². The van der Waals surface area contributed by atoms with Crippen LogP contribution < -0.4 is 5.73 Å². The normalized spacial score (nSPS) is 22.5. The minimum atomic E-state index is 0.163. The molecule has 1 aliphatic carbocycles. The topological polar surface area (TPSA) is 43.8 Å². The van der Waals surface area contributed by atoms with Gasteiger partial charge in [0.1, 0.15) is 5.82 Å². The van der Waals surface area contributed by atoms with E-state index in [1.165, 1.54) is 30.1 Å². The average molecular weight is 223 g/mol. The lowest BCUT2D eigenvalue weighted by molar-refractivity contribution is 0.571. The van der Waals surface area contributed by atoms with Crippen molar-refractivity contribution in [1.29, 1.82) is 0 Å². The number of hydrogen-bond donors (Lipinski definition) is 1. The summed E-state index contributed by atoms with van der Waals surface area (Å²) < 4.78 is 2.39. The maximum atomic E-state index is 6.10. The van der Waals surface area contributed by atoms with Gasteiger partial charge in [-0.3, -0.25) is 0 Å². The first-order valence-electron chi connectivity index (χ1n) is 5.67. The van der Waals surface area contributed by atoms with E-state index in [4.69, 9.17) is 5.73 Å². The van der Waals surface area contributed by atoms with Gasteiger partial charge < -0.3 is 10.3 Å². The van der Waals surface area contributed by atoms with E-state index in [-0.39, 0.29) is 5.54 Å². The zero-order valence-corrected chi connectivity index (χ0v) is 9.72. The Bertz CT molecular complexity index is 368. The third kappa shape index (κ3) is 1.93. The lowest BCUT2D eigenvalue weighted by Gasteiger charge is -2.17. The lowest BCUT2D eigenvalue weighted by Crippen LogP contribution is -2.23. The largest absolute Gasteiger partial charge is 0.330 e. The Labute approximate surface area is 94.4 Å². The summed E-state index contributed by atoms with van der Waals surface area (Å²) in [5.74, 6) is 3.60. The number of nitrogens with two attached hydrogens (primary N) is 1. The van der Waals surface area contributed by atoms with Crippen LogP contribution in [0.25, 0.3) is 0 Å². The van der Waals surface area contributed by atoms with Gasteiger partial charge >= 0.3 is 0 Å². The standard InChI is InChI=1S/C11H17N3S/c12-11(3-4-11)2-1-10-13-7-9-8-15-6-5-14(9)10/h7H,1-6,8,12H2. The van der Waals surface area contributed by atoms with Gasteiger partial charge in [0.05, 0.1) is 0 Å². The maximum absolute atomic E-state index is 6.10. The zero-order chi connectivity index (χ0) is 10.3. The number of aromatic nitrogens is 2. The van der Waals surface area contributed by atoms with Crippen molar-refractivity contribution in [3.05, 3.63) is 17.7 Å². The molecule has 0 aromatic carbocycles. The highest BCUT2D eigenvalue weighted by molar-refractivity contribution is 7.98. The van der Waals surface area contributed by atoms with E-state index >= 15 is 0 Å². The third-order valence-electron chi connectivity index (χ3n) is 3.47. The quantitative estimate of drug-likeness (QED) is 0.845. The average Bonchev–Trinajstić information content (AvgIpc) is 2.86. The van der Waals surface area contributed by atoms with Crippen molar-refractivity contribution in [2.45, 2.75) is 43.5 Å². The fourth-order valence-corrected chi connectivity index (χ4v) is 3.04. The summed E-state index contributed by atoms with van der Waals surface area (Å²) in [6, 6.07) is 0. The number of imidazole rings is 1. The highest BCUT2D eigenvalue weighted by Crippen LogP contribution is 2.36. The van der Waals surface area contributed by atoms with Crippen LogP contribution in [0.4, 0.5) is 0 Å². The van der Waals surface area contributed by atoms with Gasteiger partial charge in [-0.15, -0.1) is 0 Å². The molecule has 2 aliphatic rings. The van der Waals surface area contributed by atoms with Gasteiger partial charge in [0.15, 0.2) is 0 Å². The number of nitrogens with zero attached hydrogens (tertiary/aromatic N) is 2. The molecule has 0 spiro atoms. The smallest absolute Gasteiger partial charge is 0.108 e. The molecule has 2 N–H and O–H groups in total. The molecule has 1 saturated carbocycles. The summed E-state index contributed by atoms with van der Waals surface area (Å²) in [5, 5.41) is 0. The van der Waals surface area contributed by atoms with Crippen LogP contribution in [0, 0.1) is 0 Å². The predicted molar refractivity (Wildman–Crippen MR) is 62.9 cm³/mol. The highest BCUT2D eigenvalue weighted by atomic mass is 32.2. The number of thioether (sulfide) groups is 1. The molecule has 3 nitrogen and oxygen atoms in total. The molecular weight excluding hydrogens is 206 g/mol. The number of rotatable bonds is 3. The molecule has 0 amide bonds. The minimum Gasteiger partial charge on any atom is -0.330 e. The minimum absolute atomic E-state index is 0.163. The van der Waals surface area contributed by atoms with Crippen LogP contribution in [0.15, 0.2) is 6.20 Å². The zero-order valence-electron chi connectivity index (χ0n) is 8.91. The summed E-state index contributed by atoms with van der Waals surface area (Å²) in [5.41, 5.74) is 7.65. The molecule has 2 heterocycles. The van der Waals surface area contributed by atoms with E-state index in [9.17, 15) is 0 Å². The number of aryl methyl sites for hydroxylation is 1. The first-order valence-corrected chi connectivity index (χ1v) is 6.82. The second-order valence-corrected chi connectivity index (χ2v) is 5.84. The van der Waals surface area contributed by atoms with Crippen molar-refractivity contribution in [3.63, 3.8) is 0 Å². The molecule has 1 aromatic heterocycles. The maximum Gasteiger partial charge on any atom is 0.108 e. The number of hydrogen-bond acceptors (Lipinski definition) is 3. The summed E-state index contributed by atoms with van der Waals surface area (Å²) in [6.07, 6.45) is 6.61. The van der Waals surface area contributed by atoms with Gasteiger partial charge in [0.2, 0.25) is 0 Å². The summed E-state index contributed by atoms with van der Waals surface area (Å²) in [4.78, 5) is 4.52. The molecule has 1 fully saturated rings. The molecular formula is C11H17N3S. The summed E-state index contributed by atoms with van der Waals surface area (Å²) in [6.45, 7) is 1.13. The molecule has 0 saturated heterocycles. The molecule has 1 aliphatic heterocycles. The Morgan fingerprint density at radius 3 is 3.20 bits per heavy atom. The van der Waals surface area contributed by atoms with E-state index in [0.717, 1.165) is 25.1 Å². The third-order valence-corrected chi connectivity index (χ3v) is 4.44. The van der Waals surface area contributed by atoms with Crippen molar-refractivity contribution in [2.24, 2.45) is 5.73 Å². The monoisotopic (exact) mass is 223 g/mol. The number of fused-ring (bicyclic) bond motifs is 1. The molecule has 0 bridgehead atoms. The van der Waals surface area contributed by atoms with Crippen molar-refractivity contribution >= 4 is 11.8 Å². The molecule has 0 radical (unpaired) electrons. The van der Waals surface area contributed by atoms with Crippen LogP contribution in [-0.2, 0) is 18.7 Å². The Hall–Kier alpha value is -0.480. The molecule has 3 rings (SSSR count). The highest BCUT2D eigenvalue weighted by Gasteiger charge is 2.37. The molecule has 15 heavy (non-hydrogen) atoms. The van der Waals surface area contributed by atoms with E-state index in [2.05, 4.69) is 9.55 Å². The fourth-order valence-electron chi connectivity index (χ4n) is 2.15. The first-order chi connectivity index (χ1) is 7.27. The molecule has 4 heteroatoms. The fraction of sp³-hybridized carbons (Fsp3) is 0.727. The van der Waals surface area contributed by atoms with Gasteiger partial charge in [-0.25, -0.2) is 4.98 Å². The van der Waals surface area contributed by atoms with Crippen LogP contribution in [-0.4, -0.2) is 20.8 Å². The Balaban J connectivity index is 1.71. The Morgan fingerprint density at radius 1 is 1.53 bits per heavy atom. The van der Waals surface area contributed by atoms with Crippen molar-refractivity contribution in [3.8, 4) is 0 Å². The first kappa shape index (κ1) is 9.73. The predicted octanol–water partition coefficient (Wildman–Crippen LogP) is 1.55. The molecule has 0 atom stereocenters. The van der Waals surface area contributed by atoms with Gasteiger partial charge in [-0.2, -0.15) is 11.8 Å². The van der Waals surface area contributed by atoms with Crippen molar-refractivity contribution in [2.75, 3.05) is 5.75 Å². The second-order valence-electron chi connectivity index (χ2n) is 4.73. The van der Waals surface area contributed by atoms with Gasteiger partial charge in [0.25, 0.3) is 0 Å².